The SMILES string of the molecule is COc1ccc(C(=O)N2CCC(CC(C)C)C2)cc1F. The molecule has 4 heteroatoms. The van der Waals surface area contributed by atoms with E-state index in [1.54, 1.807) is 6.07 Å². The van der Waals surface area contributed by atoms with Gasteiger partial charge in [-0.1, -0.05) is 13.8 Å². The number of carbonyl (C=O) groups is 1. The molecule has 0 radical (unpaired) electrons. The maximum absolute atomic E-state index is 13.7. The van der Waals surface area contributed by atoms with Gasteiger partial charge in [0.05, 0.1) is 7.11 Å². The van der Waals surface area contributed by atoms with Crippen molar-refractivity contribution in [1.29, 1.82) is 0 Å². The summed E-state index contributed by atoms with van der Waals surface area (Å²) in [7, 11) is 1.41. The monoisotopic (exact) mass is 279 g/mol. The van der Waals surface area contributed by atoms with E-state index in [-0.39, 0.29) is 11.7 Å². The van der Waals surface area contributed by atoms with Crippen LogP contribution in [0.15, 0.2) is 18.2 Å². The van der Waals surface area contributed by atoms with Crippen LogP contribution < -0.4 is 4.74 Å². The van der Waals surface area contributed by atoms with E-state index in [0.29, 0.717) is 17.4 Å². The van der Waals surface area contributed by atoms with Crippen LogP contribution in [-0.2, 0) is 0 Å². The molecule has 0 bridgehead atoms. The minimum Gasteiger partial charge on any atom is -0.494 e. The van der Waals surface area contributed by atoms with Crippen LogP contribution in [0, 0.1) is 17.7 Å². The van der Waals surface area contributed by atoms with Crippen LogP contribution in [0.2, 0.25) is 0 Å². The highest BCUT2D eigenvalue weighted by Gasteiger charge is 2.27. The molecule has 0 spiro atoms. The minimum atomic E-state index is -0.490. The van der Waals surface area contributed by atoms with Crippen molar-refractivity contribution in [1.82, 2.24) is 4.90 Å². The van der Waals surface area contributed by atoms with E-state index >= 15 is 0 Å². The van der Waals surface area contributed by atoms with Gasteiger partial charge in [0.15, 0.2) is 11.6 Å². The first-order valence-electron chi connectivity index (χ1n) is 7.14. The van der Waals surface area contributed by atoms with Crippen LogP contribution in [0.4, 0.5) is 4.39 Å². The molecule has 1 unspecified atom stereocenters. The zero-order valence-electron chi connectivity index (χ0n) is 12.4. The summed E-state index contributed by atoms with van der Waals surface area (Å²) in [6.45, 7) is 5.95. The second-order valence-corrected chi connectivity index (χ2v) is 5.88. The fourth-order valence-corrected chi connectivity index (χ4v) is 2.86. The molecule has 1 aliphatic rings. The maximum atomic E-state index is 13.7. The van der Waals surface area contributed by atoms with Crippen molar-refractivity contribution in [3.63, 3.8) is 0 Å². The summed E-state index contributed by atoms with van der Waals surface area (Å²) >= 11 is 0. The molecule has 1 aliphatic heterocycles. The minimum absolute atomic E-state index is 0.0854. The highest BCUT2D eigenvalue weighted by Crippen LogP contribution is 2.25. The highest BCUT2D eigenvalue weighted by atomic mass is 19.1. The van der Waals surface area contributed by atoms with Crippen LogP contribution in [0.5, 0.6) is 5.75 Å². The number of carbonyl (C=O) groups excluding carboxylic acids is 1. The molecule has 1 aromatic rings. The lowest BCUT2D eigenvalue weighted by Crippen LogP contribution is -2.28. The van der Waals surface area contributed by atoms with E-state index in [0.717, 1.165) is 25.9 Å². The number of benzene rings is 1. The first kappa shape index (κ1) is 14.8. The van der Waals surface area contributed by atoms with Crippen LogP contribution in [0.3, 0.4) is 0 Å². The first-order chi connectivity index (χ1) is 9.51. The van der Waals surface area contributed by atoms with Gasteiger partial charge in [-0.3, -0.25) is 4.79 Å². The summed E-state index contributed by atoms with van der Waals surface area (Å²) in [5.74, 6) is 0.810. The molecule has 1 atom stereocenters. The number of ether oxygens (including phenoxy) is 1. The fraction of sp³-hybridized carbons (Fsp3) is 0.562. The summed E-state index contributed by atoms with van der Waals surface area (Å²) in [6, 6.07) is 4.39. The van der Waals surface area contributed by atoms with Gasteiger partial charge in [0.2, 0.25) is 0 Å². The number of amides is 1. The molecule has 110 valence electrons. The highest BCUT2D eigenvalue weighted by molar-refractivity contribution is 5.94. The summed E-state index contributed by atoms with van der Waals surface area (Å²) in [4.78, 5) is 14.2. The third-order valence-electron chi connectivity index (χ3n) is 3.78. The Morgan fingerprint density at radius 1 is 1.50 bits per heavy atom. The van der Waals surface area contributed by atoms with Gasteiger partial charge in [-0.2, -0.15) is 0 Å². The lowest BCUT2D eigenvalue weighted by Gasteiger charge is -2.17. The molecule has 1 aromatic carbocycles. The average molecular weight is 279 g/mol. The van der Waals surface area contributed by atoms with Crippen molar-refractivity contribution in [3.05, 3.63) is 29.6 Å². The van der Waals surface area contributed by atoms with E-state index in [1.807, 2.05) is 4.90 Å². The Kier molecular flexibility index (Phi) is 4.63. The predicted molar refractivity (Wildman–Crippen MR) is 76.4 cm³/mol. The van der Waals surface area contributed by atoms with Crippen molar-refractivity contribution in [3.8, 4) is 5.75 Å². The lowest BCUT2D eigenvalue weighted by molar-refractivity contribution is 0.0785. The summed E-state index contributed by atoms with van der Waals surface area (Å²) in [5.41, 5.74) is 0.397. The standard InChI is InChI=1S/C16H22FNO2/c1-11(2)8-12-6-7-18(10-12)16(19)13-4-5-15(20-3)14(17)9-13/h4-5,9,11-12H,6-8,10H2,1-3H3. The molecule has 1 fully saturated rings. The number of rotatable bonds is 4. The average Bonchev–Trinajstić information content (AvgIpc) is 2.85. The van der Waals surface area contributed by atoms with Crippen molar-refractivity contribution in [2.75, 3.05) is 20.2 Å². The van der Waals surface area contributed by atoms with Crippen LogP contribution in [-0.4, -0.2) is 31.0 Å². The quantitative estimate of drug-likeness (QED) is 0.846. The first-order valence-corrected chi connectivity index (χ1v) is 7.14. The summed E-state index contributed by atoms with van der Waals surface area (Å²) in [6.07, 6.45) is 2.18. The zero-order valence-corrected chi connectivity index (χ0v) is 12.4. The Labute approximate surface area is 119 Å². The number of hydrogen-bond donors (Lipinski definition) is 0. The van der Waals surface area contributed by atoms with Gasteiger partial charge in [-0.25, -0.2) is 4.39 Å². The topological polar surface area (TPSA) is 29.5 Å². The Bertz CT molecular complexity index is 487. The Morgan fingerprint density at radius 2 is 2.25 bits per heavy atom. The van der Waals surface area contributed by atoms with Gasteiger partial charge in [-0.15, -0.1) is 0 Å². The fourth-order valence-electron chi connectivity index (χ4n) is 2.86. The number of methoxy groups -OCH3 is 1. The van der Waals surface area contributed by atoms with Crippen LogP contribution >= 0.6 is 0 Å². The second kappa shape index (κ2) is 6.25. The lowest BCUT2D eigenvalue weighted by atomic mass is 9.97. The number of nitrogens with zero attached hydrogens (tertiary/aromatic N) is 1. The summed E-state index contributed by atoms with van der Waals surface area (Å²) < 4.78 is 18.5. The van der Waals surface area contributed by atoms with Crippen molar-refractivity contribution >= 4 is 5.91 Å². The third-order valence-corrected chi connectivity index (χ3v) is 3.78. The van der Waals surface area contributed by atoms with Gasteiger partial charge < -0.3 is 9.64 Å². The molecule has 1 heterocycles. The van der Waals surface area contributed by atoms with E-state index in [9.17, 15) is 9.18 Å². The van der Waals surface area contributed by atoms with Crippen LogP contribution in [0.25, 0.3) is 0 Å². The molecule has 0 aliphatic carbocycles. The van der Waals surface area contributed by atoms with Gasteiger partial charge in [-0.05, 0) is 42.9 Å². The molecular weight excluding hydrogens is 257 g/mol. The second-order valence-electron chi connectivity index (χ2n) is 5.88. The molecule has 0 saturated carbocycles. The van der Waals surface area contributed by atoms with Crippen molar-refractivity contribution in [2.45, 2.75) is 26.7 Å². The van der Waals surface area contributed by atoms with E-state index in [4.69, 9.17) is 4.74 Å². The van der Waals surface area contributed by atoms with Crippen LogP contribution in [0.1, 0.15) is 37.0 Å². The maximum Gasteiger partial charge on any atom is 0.253 e. The zero-order chi connectivity index (χ0) is 14.7. The molecule has 1 saturated heterocycles. The molecule has 0 aromatic heterocycles. The van der Waals surface area contributed by atoms with Gasteiger partial charge in [0.1, 0.15) is 0 Å². The van der Waals surface area contributed by atoms with Gasteiger partial charge in [0, 0.05) is 18.7 Å². The smallest absolute Gasteiger partial charge is 0.253 e. The third kappa shape index (κ3) is 3.30. The molecule has 20 heavy (non-hydrogen) atoms. The molecular formula is C16H22FNO2. The molecule has 1 amide bonds. The number of hydrogen-bond acceptors (Lipinski definition) is 2. The van der Waals surface area contributed by atoms with Gasteiger partial charge in [0.25, 0.3) is 5.91 Å². The van der Waals surface area contributed by atoms with Gasteiger partial charge >= 0.3 is 0 Å². The predicted octanol–water partition coefficient (Wildman–Crippen LogP) is 3.34. The van der Waals surface area contributed by atoms with E-state index < -0.39 is 5.82 Å². The Hall–Kier alpha value is -1.58. The number of likely N-dealkylation sites (tertiary alicyclic amines) is 1. The normalized spacial score (nSPS) is 18.6. The summed E-state index contributed by atoms with van der Waals surface area (Å²) in [5, 5.41) is 0. The van der Waals surface area contributed by atoms with Crippen molar-refractivity contribution in [2.24, 2.45) is 11.8 Å². The largest absolute Gasteiger partial charge is 0.494 e. The Balaban J connectivity index is 2.03. The molecule has 0 N–H and O–H groups in total. The molecule has 3 nitrogen and oxygen atoms in total. The molecule has 2 rings (SSSR count). The Morgan fingerprint density at radius 3 is 2.85 bits per heavy atom. The number of halogens is 1. The van der Waals surface area contributed by atoms with Crippen molar-refractivity contribution < 1.29 is 13.9 Å². The van der Waals surface area contributed by atoms with E-state index in [1.165, 1.54) is 19.2 Å². The van der Waals surface area contributed by atoms with E-state index in [2.05, 4.69) is 13.8 Å².